The third-order valence-electron chi connectivity index (χ3n) is 4.68. The van der Waals surface area contributed by atoms with E-state index in [1.165, 1.54) is 17.9 Å². The van der Waals surface area contributed by atoms with E-state index >= 15 is 0 Å². The lowest BCUT2D eigenvalue weighted by Crippen LogP contribution is -2.33. The number of nitrogens with one attached hydrogen (secondary N) is 2. The molecule has 0 saturated carbocycles. The number of amides is 2. The predicted molar refractivity (Wildman–Crippen MR) is 85.6 cm³/mol. The molecule has 0 aromatic heterocycles. The van der Waals surface area contributed by atoms with Crippen LogP contribution in [-0.2, 0) is 9.53 Å². The zero-order valence-corrected chi connectivity index (χ0v) is 13.3. The summed E-state index contributed by atoms with van der Waals surface area (Å²) in [6.07, 6.45) is -0.954. The SMILES string of the molecule is CC(=O)NCC1CN(c2ccc(N3CC4N[C@H]4C3)c(F)c2)C(=O)O1. The minimum atomic E-state index is -0.524. The molecule has 3 heterocycles. The molecule has 0 spiro atoms. The number of benzene rings is 1. The molecule has 0 radical (unpaired) electrons. The van der Waals surface area contributed by atoms with Crippen LogP contribution in [0.25, 0.3) is 0 Å². The molecule has 7 nitrogen and oxygen atoms in total. The second kappa shape index (κ2) is 5.62. The molecule has 0 bridgehead atoms. The molecule has 3 fully saturated rings. The maximum absolute atomic E-state index is 14.5. The number of cyclic esters (lactones) is 1. The number of carbonyl (C=O) groups is 2. The van der Waals surface area contributed by atoms with E-state index < -0.39 is 12.2 Å². The number of fused-ring (bicyclic) bond motifs is 1. The van der Waals surface area contributed by atoms with E-state index in [4.69, 9.17) is 4.74 Å². The van der Waals surface area contributed by atoms with Crippen molar-refractivity contribution in [2.75, 3.05) is 36.0 Å². The molecule has 8 heteroatoms. The third-order valence-corrected chi connectivity index (χ3v) is 4.68. The van der Waals surface area contributed by atoms with Crippen LogP contribution < -0.4 is 20.4 Å². The summed E-state index contributed by atoms with van der Waals surface area (Å²) in [6.45, 7) is 3.56. The van der Waals surface area contributed by atoms with Crippen LogP contribution >= 0.6 is 0 Å². The van der Waals surface area contributed by atoms with Crippen LogP contribution in [0.2, 0.25) is 0 Å². The highest BCUT2D eigenvalue weighted by Crippen LogP contribution is 2.32. The lowest BCUT2D eigenvalue weighted by molar-refractivity contribution is -0.119. The van der Waals surface area contributed by atoms with Crippen molar-refractivity contribution in [2.24, 2.45) is 0 Å². The van der Waals surface area contributed by atoms with Crippen LogP contribution in [0.1, 0.15) is 6.92 Å². The topological polar surface area (TPSA) is 83.8 Å². The van der Waals surface area contributed by atoms with Gasteiger partial charge in [-0.05, 0) is 18.2 Å². The largest absolute Gasteiger partial charge is 0.442 e. The van der Waals surface area contributed by atoms with Crippen LogP contribution in [0.4, 0.5) is 20.6 Å². The summed E-state index contributed by atoms with van der Waals surface area (Å²) in [5, 5.41) is 5.93. The molecule has 24 heavy (non-hydrogen) atoms. The minimum absolute atomic E-state index is 0.182. The molecule has 1 aromatic carbocycles. The maximum Gasteiger partial charge on any atom is 0.414 e. The van der Waals surface area contributed by atoms with Crippen LogP contribution in [0, 0.1) is 5.82 Å². The summed E-state index contributed by atoms with van der Waals surface area (Å²) in [5.41, 5.74) is 1.03. The second-order valence-electron chi connectivity index (χ2n) is 6.47. The Hall–Kier alpha value is -2.35. The Morgan fingerprint density at radius 3 is 2.79 bits per heavy atom. The quantitative estimate of drug-likeness (QED) is 0.781. The number of halogens is 1. The summed E-state index contributed by atoms with van der Waals surface area (Å²) in [7, 11) is 0. The van der Waals surface area contributed by atoms with Gasteiger partial charge in [0.25, 0.3) is 0 Å². The van der Waals surface area contributed by atoms with Crippen LogP contribution in [0.5, 0.6) is 0 Å². The number of carbonyl (C=O) groups excluding carboxylic acids is 2. The Balaban J connectivity index is 1.45. The third kappa shape index (κ3) is 2.77. The van der Waals surface area contributed by atoms with E-state index in [-0.39, 0.29) is 24.8 Å². The first kappa shape index (κ1) is 15.2. The fourth-order valence-electron chi connectivity index (χ4n) is 3.34. The highest BCUT2D eigenvalue weighted by Gasteiger charge is 2.45. The van der Waals surface area contributed by atoms with E-state index in [1.54, 1.807) is 12.1 Å². The van der Waals surface area contributed by atoms with Crippen molar-refractivity contribution >= 4 is 23.4 Å². The lowest BCUT2D eigenvalue weighted by Gasteiger charge is -2.22. The lowest BCUT2D eigenvalue weighted by atomic mass is 10.2. The summed E-state index contributed by atoms with van der Waals surface area (Å²) >= 11 is 0. The van der Waals surface area contributed by atoms with E-state index in [0.717, 1.165) is 13.1 Å². The van der Waals surface area contributed by atoms with Gasteiger partial charge in [-0.15, -0.1) is 0 Å². The number of rotatable bonds is 4. The van der Waals surface area contributed by atoms with Crippen LogP contribution in [0.3, 0.4) is 0 Å². The van der Waals surface area contributed by atoms with Gasteiger partial charge in [-0.25, -0.2) is 9.18 Å². The number of piperazine rings is 1. The smallest absolute Gasteiger partial charge is 0.414 e. The highest BCUT2D eigenvalue weighted by atomic mass is 19.1. The van der Waals surface area contributed by atoms with E-state index in [0.29, 0.717) is 23.5 Å². The van der Waals surface area contributed by atoms with Gasteiger partial charge in [0, 0.05) is 32.1 Å². The van der Waals surface area contributed by atoms with Crippen molar-refractivity contribution in [3.63, 3.8) is 0 Å². The fraction of sp³-hybridized carbons (Fsp3) is 0.500. The molecule has 2 unspecified atom stereocenters. The van der Waals surface area contributed by atoms with E-state index in [9.17, 15) is 14.0 Å². The van der Waals surface area contributed by atoms with Gasteiger partial charge in [0.2, 0.25) is 5.91 Å². The van der Waals surface area contributed by atoms with Crippen molar-refractivity contribution < 1.29 is 18.7 Å². The van der Waals surface area contributed by atoms with Gasteiger partial charge in [-0.3, -0.25) is 9.69 Å². The molecule has 4 rings (SSSR count). The molecule has 3 aliphatic heterocycles. The molecule has 1 aromatic rings. The van der Waals surface area contributed by atoms with Crippen molar-refractivity contribution in [3.8, 4) is 0 Å². The van der Waals surface area contributed by atoms with Gasteiger partial charge in [0.1, 0.15) is 11.9 Å². The molecule has 2 amide bonds. The summed E-state index contributed by atoms with van der Waals surface area (Å²) in [4.78, 5) is 26.3. The number of hydrogen-bond donors (Lipinski definition) is 2. The zero-order valence-electron chi connectivity index (χ0n) is 13.3. The Morgan fingerprint density at radius 2 is 2.12 bits per heavy atom. The average molecular weight is 334 g/mol. The van der Waals surface area contributed by atoms with E-state index in [2.05, 4.69) is 10.6 Å². The number of hydrogen-bond acceptors (Lipinski definition) is 5. The molecular formula is C16H19FN4O3. The van der Waals surface area contributed by atoms with Gasteiger partial charge in [-0.1, -0.05) is 0 Å². The highest BCUT2D eigenvalue weighted by molar-refractivity contribution is 5.90. The minimum Gasteiger partial charge on any atom is -0.442 e. The molecular weight excluding hydrogens is 315 g/mol. The van der Waals surface area contributed by atoms with Crippen molar-refractivity contribution in [1.29, 1.82) is 0 Å². The second-order valence-corrected chi connectivity index (χ2v) is 6.47. The van der Waals surface area contributed by atoms with Gasteiger partial charge in [-0.2, -0.15) is 0 Å². The first-order chi connectivity index (χ1) is 11.5. The van der Waals surface area contributed by atoms with Gasteiger partial charge in [0.15, 0.2) is 0 Å². The molecule has 3 atom stereocenters. The Kier molecular flexibility index (Phi) is 3.56. The first-order valence-electron chi connectivity index (χ1n) is 8.04. The molecule has 0 aliphatic carbocycles. The summed E-state index contributed by atoms with van der Waals surface area (Å²) < 4.78 is 19.7. The normalized spacial score (nSPS) is 27.9. The van der Waals surface area contributed by atoms with Gasteiger partial charge in [0.05, 0.1) is 24.5 Å². The number of anilines is 2. The fourth-order valence-corrected chi connectivity index (χ4v) is 3.34. The predicted octanol–water partition coefficient (Wildman–Crippen LogP) is 0.447. The Bertz CT molecular complexity index is 688. The van der Waals surface area contributed by atoms with Gasteiger partial charge >= 0.3 is 6.09 Å². The molecule has 3 saturated heterocycles. The molecule has 128 valence electrons. The zero-order chi connectivity index (χ0) is 16.8. The number of ether oxygens (including phenoxy) is 1. The van der Waals surface area contributed by atoms with Crippen molar-refractivity contribution in [1.82, 2.24) is 10.6 Å². The van der Waals surface area contributed by atoms with Crippen molar-refractivity contribution in [3.05, 3.63) is 24.0 Å². The van der Waals surface area contributed by atoms with E-state index in [1.807, 2.05) is 4.90 Å². The van der Waals surface area contributed by atoms with Crippen molar-refractivity contribution in [2.45, 2.75) is 25.1 Å². The maximum atomic E-state index is 14.5. The Labute approximate surface area is 138 Å². The molecule has 3 aliphatic rings. The Morgan fingerprint density at radius 1 is 1.38 bits per heavy atom. The average Bonchev–Trinajstić information content (AvgIpc) is 2.97. The summed E-state index contributed by atoms with van der Waals surface area (Å²) in [6, 6.07) is 5.77. The molecule has 2 N–H and O–H groups in total. The standard InChI is InChI=1S/C16H19FN4O3/c1-9(22)18-5-11-6-21(16(23)24-11)10-2-3-15(12(17)4-10)20-7-13-14(8-20)19-13/h2-4,11,13-14,19H,5-8H2,1H3,(H,18,22)/t11?,13-,14?/m0/s1. The number of nitrogens with zero attached hydrogens (tertiary/aromatic N) is 2. The summed E-state index contributed by atoms with van der Waals surface area (Å²) in [5.74, 6) is -0.523. The van der Waals surface area contributed by atoms with Gasteiger partial charge < -0.3 is 20.3 Å². The van der Waals surface area contributed by atoms with Crippen LogP contribution in [-0.4, -0.2) is 56.4 Å². The van der Waals surface area contributed by atoms with Crippen LogP contribution in [0.15, 0.2) is 18.2 Å². The monoisotopic (exact) mass is 334 g/mol. The first-order valence-corrected chi connectivity index (χ1v) is 8.04.